The van der Waals surface area contributed by atoms with E-state index in [-0.39, 0.29) is 5.56 Å². The summed E-state index contributed by atoms with van der Waals surface area (Å²) in [5.74, 6) is 1.85. The monoisotopic (exact) mass is 595 g/mol. The maximum Gasteiger partial charge on any atom is 0.282 e. The minimum atomic E-state index is -0.310. The second-order valence-electron chi connectivity index (χ2n) is 7.52. The molecule has 0 aliphatic rings. The zero-order chi connectivity index (χ0) is 24.5. The summed E-state index contributed by atoms with van der Waals surface area (Å²) < 4.78 is 19.9. The number of aromatic nitrogens is 2. The Hall–Kier alpha value is -3.43. The lowest BCUT2D eigenvalue weighted by Gasteiger charge is -2.14. The van der Waals surface area contributed by atoms with Gasteiger partial charge in [0.05, 0.1) is 35.3 Å². The maximum atomic E-state index is 13.5. The highest BCUT2D eigenvalue weighted by atomic mass is 79.9. The van der Waals surface area contributed by atoms with Gasteiger partial charge in [0.25, 0.3) is 5.56 Å². The van der Waals surface area contributed by atoms with Crippen molar-refractivity contribution in [1.82, 2.24) is 9.66 Å². The lowest BCUT2D eigenvalue weighted by atomic mass is 10.2. The Morgan fingerprint density at radius 2 is 1.86 bits per heavy atom. The number of para-hydroxylation sites is 2. The quantitative estimate of drug-likeness (QED) is 0.206. The molecule has 0 atom stereocenters. The second kappa shape index (κ2) is 9.67. The summed E-state index contributed by atoms with van der Waals surface area (Å²) >= 11 is 7.15. The summed E-state index contributed by atoms with van der Waals surface area (Å²) in [5, 5.41) is 5.89. The van der Waals surface area contributed by atoms with Crippen molar-refractivity contribution in [3.05, 3.63) is 85.5 Å². The predicted octanol–water partition coefficient (Wildman–Crippen LogP) is 6.62. The zero-order valence-electron chi connectivity index (χ0n) is 18.8. The van der Waals surface area contributed by atoms with Crippen LogP contribution in [0.4, 0.5) is 0 Å². The van der Waals surface area contributed by atoms with E-state index < -0.39 is 0 Å². The number of hydrogen-bond donors (Lipinski definition) is 0. The number of nitrogens with zero attached hydrogens (tertiary/aromatic N) is 3. The second-order valence-corrected chi connectivity index (χ2v) is 9.11. The molecule has 2 aromatic heterocycles. The molecule has 3 aromatic carbocycles. The third-order valence-corrected chi connectivity index (χ3v) is 7.52. The molecule has 0 bridgehead atoms. The number of hydrogen-bond acceptors (Lipinski definition) is 6. The van der Waals surface area contributed by atoms with Crippen molar-refractivity contribution in [3.63, 3.8) is 0 Å². The molecule has 0 unspecified atom stereocenters. The fourth-order valence-electron chi connectivity index (χ4n) is 3.73. The summed E-state index contributed by atoms with van der Waals surface area (Å²) in [4.78, 5) is 18.2. The molecule has 0 saturated heterocycles. The summed E-state index contributed by atoms with van der Waals surface area (Å²) in [7, 11) is 1.57. The van der Waals surface area contributed by atoms with E-state index in [1.54, 1.807) is 37.6 Å². The van der Waals surface area contributed by atoms with E-state index in [0.29, 0.717) is 60.7 Å². The SMILES string of the molecule is CCOc1c(OC)cc(C=Nn2c(-c3cc4ccccc4o3)nc3ccccc3c2=O)c(Br)c1Br. The number of halogens is 2. The Morgan fingerprint density at radius 1 is 1.09 bits per heavy atom. The summed E-state index contributed by atoms with van der Waals surface area (Å²) in [6, 6.07) is 18.4. The lowest BCUT2D eigenvalue weighted by molar-refractivity contribution is 0.308. The molecule has 0 amide bonds. The lowest BCUT2D eigenvalue weighted by Crippen LogP contribution is -2.20. The Labute approximate surface area is 217 Å². The van der Waals surface area contributed by atoms with Gasteiger partial charge < -0.3 is 13.9 Å². The minimum Gasteiger partial charge on any atom is -0.493 e. The van der Waals surface area contributed by atoms with Crippen LogP contribution in [-0.4, -0.2) is 29.6 Å². The molecule has 2 heterocycles. The van der Waals surface area contributed by atoms with Gasteiger partial charge in [0.1, 0.15) is 5.58 Å². The van der Waals surface area contributed by atoms with E-state index in [4.69, 9.17) is 18.9 Å². The van der Waals surface area contributed by atoms with Gasteiger partial charge in [-0.2, -0.15) is 9.78 Å². The van der Waals surface area contributed by atoms with E-state index in [2.05, 4.69) is 37.0 Å². The fraction of sp³-hybridized carbons (Fsp3) is 0.115. The van der Waals surface area contributed by atoms with Gasteiger partial charge in [-0.05, 0) is 69.1 Å². The van der Waals surface area contributed by atoms with Gasteiger partial charge in [0.2, 0.25) is 5.82 Å². The highest BCUT2D eigenvalue weighted by Gasteiger charge is 2.18. The van der Waals surface area contributed by atoms with Crippen LogP contribution in [0, 0.1) is 0 Å². The molecule has 5 aromatic rings. The van der Waals surface area contributed by atoms with E-state index in [1.807, 2.05) is 43.3 Å². The van der Waals surface area contributed by atoms with Gasteiger partial charge >= 0.3 is 0 Å². The maximum absolute atomic E-state index is 13.5. The molecule has 9 heteroatoms. The number of rotatable bonds is 6. The highest BCUT2D eigenvalue weighted by Crippen LogP contribution is 2.42. The molecule has 0 saturated carbocycles. The number of ether oxygens (including phenoxy) is 2. The van der Waals surface area contributed by atoms with E-state index >= 15 is 0 Å². The molecule has 0 fully saturated rings. The van der Waals surface area contributed by atoms with Gasteiger partial charge in [-0.15, -0.1) is 0 Å². The third kappa shape index (κ3) is 4.26. The number of methoxy groups -OCH3 is 1. The van der Waals surface area contributed by atoms with Gasteiger partial charge in [0, 0.05) is 15.4 Å². The Bertz CT molecular complexity index is 1620. The minimum absolute atomic E-state index is 0.300. The number of benzene rings is 3. The van der Waals surface area contributed by atoms with Crippen LogP contribution in [0.2, 0.25) is 0 Å². The highest BCUT2D eigenvalue weighted by molar-refractivity contribution is 9.13. The molecule has 0 radical (unpaired) electrons. The first kappa shape index (κ1) is 23.3. The van der Waals surface area contributed by atoms with Crippen molar-refractivity contribution in [2.24, 2.45) is 5.10 Å². The molecule has 7 nitrogen and oxygen atoms in total. The van der Waals surface area contributed by atoms with Gasteiger partial charge in [-0.25, -0.2) is 4.98 Å². The van der Waals surface area contributed by atoms with Crippen LogP contribution in [0.3, 0.4) is 0 Å². The number of furan rings is 1. The standard InChI is InChI=1S/C26H19Br2N3O4/c1-3-34-24-20(33-2)13-16(22(27)23(24)28)14-29-31-25(21-12-15-8-4-7-11-19(15)35-21)30-18-10-6-5-9-17(18)26(31)32/h4-14H,3H2,1-2H3. The molecule has 0 aliphatic carbocycles. The van der Waals surface area contributed by atoms with Gasteiger partial charge in [-0.1, -0.05) is 30.3 Å². The average molecular weight is 597 g/mol. The fourth-order valence-corrected chi connectivity index (χ4v) is 4.67. The molecule has 0 spiro atoms. The first-order valence-corrected chi connectivity index (χ1v) is 12.3. The van der Waals surface area contributed by atoms with E-state index in [1.165, 1.54) is 4.68 Å². The Balaban J connectivity index is 1.71. The predicted molar refractivity (Wildman–Crippen MR) is 144 cm³/mol. The van der Waals surface area contributed by atoms with Gasteiger partial charge in [-0.3, -0.25) is 4.79 Å². The summed E-state index contributed by atoms with van der Waals surface area (Å²) in [5.41, 5.74) is 1.62. The summed E-state index contributed by atoms with van der Waals surface area (Å²) in [6.07, 6.45) is 1.57. The molecule has 0 N–H and O–H groups in total. The van der Waals surface area contributed by atoms with Crippen LogP contribution in [-0.2, 0) is 0 Å². The zero-order valence-corrected chi connectivity index (χ0v) is 22.0. The number of fused-ring (bicyclic) bond motifs is 2. The van der Waals surface area contributed by atoms with Crippen LogP contribution in [0.15, 0.2) is 83.9 Å². The average Bonchev–Trinajstić information content (AvgIpc) is 3.31. The first-order valence-electron chi connectivity index (χ1n) is 10.8. The van der Waals surface area contributed by atoms with E-state index in [9.17, 15) is 4.79 Å². The van der Waals surface area contributed by atoms with Crippen molar-refractivity contribution in [2.45, 2.75) is 6.92 Å². The van der Waals surface area contributed by atoms with E-state index in [0.717, 1.165) is 5.39 Å². The normalized spacial score (nSPS) is 11.5. The van der Waals surface area contributed by atoms with Crippen molar-refractivity contribution >= 4 is 59.9 Å². The van der Waals surface area contributed by atoms with Crippen molar-refractivity contribution in [1.29, 1.82) is 0 Å². The van der Waals surface area contributed by atoms with Crippen LogP contribution < -0.4 is 15.0 Å². The van der Waals surface area contributed by atoms with Crippen molar-refractivity contribution in [2.75, 3.05) is 13.7 Å². The Kier molecular flexibility index (Phi) is 6.44. The summed E-state index contributed by atoms with van der Waals surface area (Å²) in [6.45, 7) is 2.38. The first-order chi connectivity index (χ1) is 17.0. The van der Waals surface area contributed by atoms with Crippen LogP contribution in [0.25, 0.3) is 33.5 Å². The molecule has 5 rings (SSSR count). The van der Waals surface area contributed by atoms with Crippen LogP contribution >= 0.6 is 31.9 Å². The van der Waals surface area contributed by atoms with Crippen molar-refractivity contribution < 1.29 is 13.9 Å². The third-order valence-electron chi connectivity index (χ3n) is 5.38. The molecule has 35 heavy (non-hydrogen) atoms. The van der Waals surface area contributed by atoms with Crippen LogP contribution in [0.5, 0.6) is 11.5 Å². The topological polar surface area (TPSA) is 78.8 Å². The smallest absolute Gasteiger partial charge is 0.282 e. The van der Waals surface area contributed by atoms with Crippen molar-refractivity contribution in [3.8, 4) is 23.1 Å². The Morgan fingerprint density at radius 3 is 2.63 bits per heavy atom. The molecule has 0 aliphatic heterocycles. The molecule has 176 valence electrons. The molecular weight excluding hydrogens is 578 g/mol. The van der Waals surface area contributed by atoms with Crippen LogP contribution in [0.1, 0.15) is 12.5 Å². The largest absolute Gasteiger partial charge is 0.493 e. The van der Waals surface area contributed by atoms with Gasteiger partial charge in [0.15, 0.2) is 17.3 Å². The molecular formula is C26H19Br2N3O4.